The number of hydrogen-bond donors (Lipinski definition) is 2. The van der Waals surface area contributed by atoms with E-state index in [1.54, 1.807) is 0 Å². The Hall–Kier alpha value is -0.650. The highest BCUT2D eigenvalue weighted by Gasteiger charge is 2.23. The Labute approximate surface area is 97.0 Å². The lowest BCUT2D eigenvalue weighted by atomic mass is 10.2. The number of rotatable bonds is 4. The maximum Gasteiger partial charge on any atom is 0.127 e. The summed E-state index contributed by atoms with van der Waals surface area (Å²) in [5.74, 6) is 0.158. The monoisotopic (exact) mass is 226 g/mol. The third kappa shape index (κ3) is 3.17. The van der Waals surface area contributed by atoms with E-state index >= 15 is 0 Å². The van der Waals surface area contributed by atoms with Crippen molar-refractivity contribution in [2.75, 3.05) is 45.9 Å². The highest BCUT2D eigenvalue weighted by atomic mass is 16.5. The van der Waals surface area contributed by atoms with Crippen LogP contribution in [0.15, 0.2) is 0 Å². The zero-order valence-electron chi connectivity index (χ0n) is 9.82. The topological polar surface area (TPSA) is 65.6 Å². The van der Waals surface area contributed by atoms with Gasteiger partial charge in [0.15, 0.2) is 0 Å². The summed E-state index contributed by atoms with van der Waals surface area (Å²) in [7, 11) is 0. The molecule has 0 aliphatic carbocycles. The molecule has 16 heavy (non-hydrogen) atoms. The van der Waals surface area contributed by atoms with Crippen molar-refractivity contribution in [2.24, 2.45) is 5.73 Å². The van der Waals surface area contributed by atoms with Crippen molar-refractivity contribution >= 4 is 5.84 Å². The standard InChI is InChI=1S/C11H22N4O/c12-11(13)10-9-15(7-8-16-10)6-5-14-3-1-2-4-14/h10H,1-9H2,(H3,12,13). The van der Waals surface area contributed by atoms with E-state index in [1.165, 1.54) is 25.9 Å². The summed E-state index contributed by atoms with van der Waals surface area (Å²) in [6.45, 7) is 7.17. The molecule has 2 aliphatic rings. The number of nitrogens with one attached hydrogen (secondary N) is 1. The van der Waals surface area contributed by atoms with E-state index in [2.05, 4.69) is 9.80 Å². The lowest BCUT2D eigenvalue weighted by molar-refractivity contribution is 0.00321. The Bertz CT molecular complexity index is 240. The van der Waals surface area contributed by atoms with Gasteiger partial charge in [0.2, 0.25) is 0 Å². The lowest BCUT2D eigenvalue weighted by Gasteiger charge is -2.33. The molecular formula is C11H22N4O. The van der Waals surface area contributed by atoms with E-state index in [9.17, 15) is 0 Å². The third-order valence-electron chi connectivity index (χ3n) is 3.43. The molecular weight excluding hydrogens is 204 g/mol. The van der Waals surface area contributed by atoms with Gasteiger partial charge >= 0.3 is 0 Å². The van der Waals surface area contributed by atoms with Crippen LogP contribution in [0.2, 0.25) is 0 Å². The van der Waals surface area contributed by atoms with Gasteiger partial charge in [-0.1, -0.05) is 0 Å². The number of amidine groups is 1. The number of morpholine rings is 1. The van der Waals surface area contributed by atoms with Crippen LogP contribution in [0.3, 0.4) is 0 Å². The van der Waals surface area contributed by atoms with Crippen LogP contribution in [-0.4, -0.2) is 67.6 Å². The van der Waals surface area contributed by atoms with E-state index in [0.29, 0.717) is 6.61 Å². The van der Waals surface area contributed by atoms with Gasteiger partial charge in [-0.25, -0.2) is 0 Å². The minimum Gasteiger partial charge on any atom is -0.385 e. The molecule has 0 aromatic heterocycles. The molecule has 1 unspecified atom stereocenters. The molecule has 0 spiro atoms. The first kappa shape index (κ1) is 11.8. The predicted octanol–water partition coefficient (Wildman–Crippen LogP) is -0.281. The quantitative estimate of drug-likeness (QED) is 0.511. The Morgan fingerprint density at radius 1 is 1.19 bits per heavy atom. The van der Waals surface area contributed by atoms with Crippen LogP contribution in [0.25, 0.3) is 0 Å². The fourth-order valence-corrected chi connectivity index (χ4v) is 2.38. The molecule has 0 radical (unpaired) electrons. The van der Waals surface area contributed by atoms with Crippen molar-refractivity contribution in [3.8, 4) is 0 Å². The van der Waals surface area contributed by atoms with Crippen molar-refractivity contribution in [3.63, 3.8) is 0 Å². The smallest absolute Gasteiger partial charge is 0.127 e. The van der Waals surface area contributed by atoms with Crippen LogP contribution < -0.4 is 5.73 Å². The third-order valence-corrected chi connectivity index (χ3v) is 3.43. The molecule has 2 rings (SSSR count). The summed E-state index contributed by atoms with van der Waals surface area (Å²) in [5.41, 5.74) is 5.47. The molecule has 1 atom stereocenters. The van der Waals surface area contributed by atoms with E-state index in [-0.39, 0.29) is 11.9 Å². The van der Waals surface area contributed by atoms with Crippen molar-refractivity contribution in [3.05, 3.63) is 0 Å². The Balaban J connectivity index is 1.70. The number of nitrogens with zero attached hydrogens (tertiary/aromatic N) is 2. The van der Waals surface area contributed by atoms with Crippen LogP contribution >= 0.6 is 0 Å². The van der Waals surface area contributed by atoms with Crippen LogP contribution in [0, 0.1) is 5.41 Å². The Morgan fingerprint density at radius 3 is 2.56 bits per heavy atom. The Morgan fingerprint density at radius 2 is 1.88 bits per heavy atom. The first-order chi connectivity index (χ1) is 7.75. The molecule has 2 fully saturated rings. The first-order valence-corrected chi connectivity index (χ1v) is 6.16. The lowest BCUT2D eigenvalue weighted by Crippen LogP contribution is -2.49. The SMILES string of the molecule is N=C(N)C1CN(CCN2CCCC2)CCO1. The van der Waals surface area contributed by atoms with Crippen molar-refractivity contribution < 1.29 is 4.74 Å². The molecule has 92 valence electrons. The number of ether oxygens (including phenoxy) is 1. The van der Waals surface area contributed by atoms with Gasteiger partial charge in [0, 0.05) is 26.2 Å². The van der Waals surface area contributed by atoms with Crippen LogP contribution in [0.1, 0.15) is 12.8 Å². The van der Waals surface area contributed by atoms with Gasteiger partial charge < -0.3 is 15.4 Å². The molecule has 5 heteroatoms. The van der Waals surface area contributed by atoms with Crippen molar-refractivity contribution in [1.82, 2.24) is 9.80 Å². The van der Waals surface area contributed by atoms with Crippen LogP contribution in [0.5, 0.6) is 0 Å². The maximum atomic E-state index is 7.39. The van der Waals surface area contributed by atoms with Gasteiger partial charge in [-0.2, -0.15) is 0 Å². The molecule has 3 N–H and O–H groups in total. The van der Waals surface area contributed by atoms with Gasteiger partial charge in [0.1, 0.15) is 11.9 Å². The largest absolute Gasteiger partial charge is 0.385 e. The molecule has 5 nitrogen and oxygen atoms in total. The van der Waals surface area contributed by atoms with Crippen molar-refractivity contribution in [2.45, 2.75) is 18.9 Å². The fourth-order valence-electron chi connectivity index (χ4n) is 2.38. The van der Waals surface area contributed by atoms with Gasteiger partial charge in [-0.05, 0) is 25.9 Å². The van der Waals surface area contributed by atoms with Gasteiger partial charge in [0.05, 0.1) is 6.61 Å². The zero-order valence-corrected chi connectivity index (χ0v) is 9.82. The van der Waals surface area contributed by atoms with Gasteiger partial charge in [0.25, 0.3) is 0 Å². The van der Waals surface area contributed by atoms with Crippen LogP contribution in [-0.2, 0) is 4.74 Å². The van der Waals surface area contributed by atoms with E-state index in [0.717, 1.165) is 26.2 Å². The predicted molar refractivity (Wildman–Crippen MR) is 63.8 cm³/mol. The molecule has 0 amide bonds. The maximum absolute atomic E-state index is 7.39. The average Bonchev–Trinajstić information content (AvgIpc) is 2.79. The second-order valence-corrected chi connectivity index (χ2v) is 4.66. The summed E-state index contributed by atoms with van der Waals surface area (Å²) in [4.78, 5) is 4.87. The molecule has 0 aromatic carbocycles. The van der Waals surface area contributed by atoms with Crippen molar-refractivity contribution in [1.29, 1.82) is 5.41 Å². The van der Waals surface area contributed by atoms with Gasteiger partial charge in [-0.15, -0.1) is 0 Å². The molecule has 2 saturated heterocycles. The van der Waals surface area contributed by atoms with E-state index < -0.39 is 0 Å². The minimum absolute atomic E-state index is 0.158. The normalized spacial score (nSPS) is 28.4. The summed E-state index contributed by atoms with van der Waals surface area (Å²) in [6.07, 6.45) is 2.51. The number of likely N-dealkylation sites (tertiary alicyclic amines) is 1. The summed E-state index contributed by atoms with van der Waals surface area (Å²) in [6, 6.07) is 0. The molecule has 0 saturated carbocycles. The number of nitrogens with two attached hydrogens (primary N) is 1. The van der Waals surface area contributed by atoms with Gasteiger partial charge in [-0.3, -0.25) is 10.3 Å². The fraction of sp³-hybridized carbons (Fsp3) is 0.909. The highest BCUT2D eigenvalue weighted by Crippen LogP contribution is 2.09. The second-order valence-electron chi connectivity index (χ2n) is 4.66. The Kier molecular flexibility index (Phi) is 4.15. The molecule has 0 aromatic rings. The zero-order chi connectivity index (χ0) is 11.4. The molecule has 0 bridgehead atoms. The average molecular weight is 226 g/mol. The molecule has 2 heterocycles. The van der Waals surface area contributed by atoms with E-state index in [4.69, 9.17) is 15.9 Å². The minimum atomic E-state index is -0.188. The number of hydrogen-bond acceptors (Lipinski definition) is 4. The van der Waals surface area contributed by atoms with E-state index in [1.807, 2.05) is 0 Å². The second kappa shape index (κ2) is 5.61. The first-order valence-electron chi connectivity index (χ1n) is 6.16. The van der Waals surface area contributed by atoms with Crippen LogP contribution in [0.4, 0.5) is 0 Å². The summed E-state index contributed by atoms with van der Waals surface area (Å²) >= 11 is 0. The molecule has 2 aliphatic heterocycles. The highest BCUT2D eigenvalue weighted by molar-refractivity contribution is 5.82. The summed E-state index contributed by atoms with van der Waals surface area (Å²) < 4.78 is 5.44. The summed E-state index contributed by atoms with van der Waals surface area (Å²) in [5, 5.41) is 7.39.